The van der Waals surface area contributed by atoms with E-state index in [0.717, 1.165) is 6.54 Å². The van der Waals surface area contributed by atoms with Crippen LogP contribution in [0, 0.1) is 11.3 Å². The largest absolute Gasteiger partial charge is 0.392 e. The van der Waals surface area contributed by atoms with Gasteiger partial charge in [-0.15, -0.1) is 0 Å². The molecule has 2 rings (SSSR count). The van der Waals surface area contributed by atoms with Crippen molar-refractivity contribution in [3.05, 3.63) is 0 Å². The van der Waals surface area contributed by atoms with E-state index in [1.807, 2.05) is 0 Å². The van der Waals surface area contributed by atoms with Gasteiger partial charge in [0.05, 0.1) is 6.10 Å². The quantitative estimate of drug-likeness (QED) is 0.781. The predicted molar refractivity (Wildman–Crippen MR) is 67.4 cm³/mol. The maximum Gasteiger partial charge on any atom is 0.0631 e. The first-order valence-electron chi connectivity index (χ1n) is 6.76. The van der Waals surface area contributed by atoms with E-state index in [1.165, 1.54) is 32.2 Å². The second kappa shape index (κ2) is 3.99. The molecule has 1 aliphatic carbocycles. The van der Waals surface area contributed by atoms with E-state index in [1.54, 1.807) is 0 Å². The van der Waals surface area contributed by atoms with Crippen molar-refractivity contribution in [2.45, 2.75) is 65.0 Å². The molecule has 2 heteroatoms. The van der Waals surface area contributed by atoms with Crippen LogP contribution in [0.15, 0.2) is 0 Å². The Balaban J connectivity index is 1.96. The summed E-state index contributed by atoms with van der Waals surface area (Å²) in [6.07, 6.45) is 4.88. The minimum atomic E-state index is -0.108. The molecule has 1 saturated heterocycles. The summed E-state index contributed by atoms with van der Waals surface area (Å²) < 4.78 is 0. The molecule has 1 saturated carbocycles. The lowest BCUT2D eigenvalue weighted by molar-refractivity contribution is 0.0238. The summed E-state index contributed by atoms with van der Waals surface area (Å²) in [5.74, 6) is 0.493. The SMILES string of the molecule is CC1(C)CCC(CN2CCCC2(C)C)C1O. The van der Waals surface area contributed by atoms with Gasteiger partial charge in [-0.05, 0) is 57.4 Å². The van der Waals surface area contributed by atoms with Gasteiger partial charge in [-0.3, -0.25) is 4.90 Å². The third kappa shape index (κ3) is 2.14. The molecule has 16 heavy (non-hydrogen) atoms. The van der Waals surface area contributed by atoms with E-state index in [2.05, 4.69) is 32.6 Å². The average molecular weight is 225 g/mol. The van der Waals surface area contributed by atoms with E-state index in [0.29, 0.717) is 11.5 Å². The summed E-state index contributed by atoms with van der Waals surface area (Å²) >= 11 is 0. The van der Waals surface area contributed by atoms with Gasteiger partial charge < -0.3 is 5.11 Å². The zero-order valence-corrected chi connectivity index (χ0v) is 11.3. The van der Waals surface area contributed by atoms with Crippen LogP contribution in [-0.4, -0.2) is 34.7 Å². The van der Waals surface area contributed by atoms with Gasteiger partial charge in [0, 0.05) is 12.1 Å². The van der Waals surface area contributed by atoms with Crippen molar-refractivity contribution >= 4 is 0 Å². The highest BCUT2D eigenvalue weighted by Crippen LogP contribution is 2.42. The molecule has 0 bridgehead atoms. The lowest BCUT2D eigenvalue weighted by atomic mass is 9.87. The van der Waals surface area contributed by atoms with Gasteiger partial charge in [0.15, 0.2) is 0 Å². The molecule has 1 N–H and O–H groups in total. The molecule has 2 fully saturated rings. The highest BCUT2D eigenvalue weighted by atomic mass is 16.3. The third-order valence-corrected chi connectivity index (χ3v) is 4.93. The number of hydrogen-bond donors (Lipinski definition) is 1. The summed E-state index contributed by atoms with van der Waals surface area (Å²) in [7, 11) is 0. The molecule has 0 aromatic rings. The maximum atomic E-state index is 10.3. The molecular formula is C14H27NO. The van der Waals surface area contributed by atoms with Crippen molar-refractivity contribution < 1.29 is 5.11 Å². The van der Waals surface area contributed by atoms with E-state index >= 15 is 0 Å². The van der Waals surface area contributed by atoms with Gasteiger partial charge >= 0.3 is 0 Å². The van der Waals surface area contributed by atoms with Crippen molar-refractivity contribution in [3.8, 4) is 0 Å². The molecule has 2 atom stereocenters. The van der Waals surface area contributed by atoms with Crippen molar-refractivity contribution in [2.75, 3.05) is 13.1 Å². The lowest BCUT2D eigenvalue weighted by Gasteiger charge is -2.35. The number of aliphatic hydroxyl groups excluding tert-OH is 1. The molecule has 1 aliphatic heterocycles. The van der Waals surface area contributed by atoms with Gasteiger partial charge in [-0.25, -0.2) is 0 Å². The Morgan fingerprint density at radius 2 is 1.88 bits per heavy atom. The normalized spacial score (nSPS) is 38.1. The van der Waals surface area contributed by atoms with Gasteiger partial charge in [0.25, 0.3) is 0 Å². The van der Waals surface area contributed by atoms with Crippen LogP contribution in [0.3, 0.4) is 0 Å². The number of rotatable bonds is 2. The topological polar surface area (TPSA) is 23.5 Å². The Labute approximate surface area is 100 Å². The molecule has 0 aromatic heterocycles. The third-order valence-electron chi connectivity index (χ3n) is 4.93. The monoisotopic (exact) mass is 225 g/mol. The maximum absolute atomic E-state index is 10.3. The molecule has 2 unspecified atom stereocenters. The molecule has 0 aromatic carbocycles. The lowest BCUT2D eigenvalue weighted by Crippen LogP contribution is -2.43. The van der Waals surface area contributed by atoms with Crippen molar-refractivity contribution in [1.29, 1.82) is 0 Å². The van der Waals surface area contributed by atoms with Gasteiger partial charge in [-0.2, -0.15) is 0 Å². The van der Waals surface area contributed by atoms with Crippen molar-refractivity contribution in [1.82, 2.24) is 4.90 Å². The zero-order chi connectivity index (χ0) is 12.0. The molecule has 0 radical (unpaired) electrons. The standard InChI is InChI=1S/C14H27NO/c1-13(2)8-6-11(12(13)16)10-15-9-5-7-14(15,3)4/h11-12,16H,5-10H2,1-4H3. The van der Waals surface area contributed by atoms with E-state index in [4.69, 9.17) is 0 Å². The van der Waals surface area contributed by atoms with E-state index in [-0.39, 0.29) is 11.5 Å². The number of nitrogens with zero attached hydrogens (tertiary/aromatic N) is 1. The molecule has 94 valence electrons. The zero-order valence-electron chi connectivity index (χ0n) is 11.3. The molecular weight excluding hydrogens is 198 g/mol. The Kier molecular flexibility index (Phi) is 3.09. The van der Waals surface area contributed by atoms with Crippen molar-refractivity contribution in [3.63, 3.8) is 0 Å². The molecule has 2 aliphatic rings. The van der Waals surface area contributed by atoms with Crippen LogP contribution in [0.1, 0.15) is 53.4 Å². The number of hydrogen-bond acceptors (Lipinski definition) is 2. The van der Waals surface area contributed by atoms with Crippen LogP contribution >= 0.6 is 0 Å². The van der Waals surface area contributed by atoms with Crippen LogP contribution in [0.4, 0.5) is 0 Å². The average Bonchev–Trinajstić information content (AvgIpc) is 2.62. The van der Waals surface area contributed by atoms with Gasteiger partial charge in [-0.1, -0.05) is 13.8 Å². The highest BCUT2D eigenvalue weighted by Gasteiger charge is 2.43. The van der Waals surface area contributed by atoms with Gasteiger partial charge in [0.2, 0.25) is 0 Å². The van der Waals surface area contributed by atoms with Crippen LogP contribution in [0.5, 0.6) is 0 Å². The highest BCUT2D eigenvalue weighted by molar-refractivity contribution is 4.95. The molecule has 2 nitrogen and oxygen atoms in total. The fourth-order valence-electron chi connectivity index (χ4n) is 3.48. The number of likely N-dealkylation sites (tertiary alicyclic amines) is 1. The summed E-state index contributed by atoms with van der Waals surface area (Å²) in [6.45, 7) is 11.4. The number of aliphatic hydroxyl groups is 1. The first-order valence-corrected chi connectivity index (χ1v) is 6.76. The van der Waals surface area contributed by atoms with Crippen molar-refractivity contribution in [2.24, 2.45) is 11.3 Å². The first kappa shape index (κ1) is 12.4. The smallest absolute Gasteiger partial charge is 0.0631 e. The van der Waals surface area contributed by atoms with Crippen LogP contribution in [0.2, 0.25) is 0 Å². The second-order valence-electron chi connectivity index (χ2n) is 7.09. The van der Waals surface area contributed by atoms with Crippen LogP contribution in [-0.2, 0) is 0 Å². The Morgan fingerprint density at radius 3 is 2.31 bits per heavy atom. The first-order chi connectivity index (χ1) is 7.33. The van der Waals surface area contributed by atoms with Gasteiger partial charge in [0.1, 0.15) is 0 Å². The summed E-state index contributed by atoms with van der Waals surface area (Å²) in [4.78, 5) is 2.59. The summed E-state index contributed by atoms with van der Waals surface area (Å²) in [5, 5.41) is 10.3. The van der Waals surface area contributed by atoms with E-state index in [9.17, 15) is 5.11 Å². The fraction of sp³-hybridized carbons (Fsp3) is 1.00. The molecule has 0 spiro atoms. The Morgan fingerprint density at radius 1 is 1.19 bits per heavy atom. The molecule has 0 amide bonds. The fourth-order valence-corrected chi connectivity index (χ4v) is 3.48. The summed E-state index contributed by atoms with van der Waals surface area (Å²) in [5.41, 5.74) is 0.487. The van der Waals surface area contributed by atoms with Crippen LogP contribution in [0.25, 0.3) is 0 Å². The summed E-state index contributed by atoms with van der Waals surface area (Å²) in [6, 6.07) is 0. The Hall–Kier alpha value is -0.0800. The minimum absolute atomic E-state index is 0.108. The Bertz CT molecular complexity index is 259. The minimum Gasteiger partial charge on any atom is -0.392 e. The molecule has 1 heterocycles. The van der Waals surface area contributed by atoms with E-state index < -0.39 is 0 Å². The second-order valence-corrected chi connectivity index (χ2v) is 7.09. The predicted octanol–water partition coefficient (Wildman–Crippen LogP) is 2.66. The van der Waals surface area contributed by atoms with Crippen LogP contribution < -0.4 is 0 Å².